The normalized spacial score (nSPS) is 12.7. The van der Waals surface area contributed by atoms with Crippen LogP contribution in [-0.4, -0.2) is 11.2 Å². The summed E-state index contributed by atoms with van der Waals surface area (Å²) in [7, 11) is 0. The van der Waals surface area contributed by atoms with Crippen molar-refractivity contribution in [3.63, 3.8) is 0 Å². The van der Waals surface area contributed by atoms with Crippen LogP contribution in [0.15, 0.2) is 36.4 Å². The zero-order chi connectivity index (χ0) is 13.8. The molecular formula is C16H20O2S. The second-order valence-electron chi connectivity index (χ2n) is 4.80. The number of benzene rings is 1. The van der Waals surface area contributed by atoms with Crippen molar-refractivity contribution in [1.29, 1.82) is 0 Å². The number of hydrogen-bond donors (Lipinski definition) is 1. The van der Waals surface area contributed by atoms with E-state index in [9.17, 15) is 5.11 Å². The average Bonchev–Trinajstić information content (AvgIpc) is 2.86. The zero-order valence-electron chi connectivity index (χ0n) is 11.6. The maximum Gasteiger partial charge on any atom is 0.120 e. The Morgan fingerprint density at radius 2 is 2.00 bits per heavy atom. The molecule has 0 fully saturated rings. The number of thiophene rings is 1. The van der Waals surface area contributed by atoms with E-state index in [4.69, 9.17) is 4.74 Å². The number of rotatable bonds is 5. The molecule has 1 heterocycles. The maximum absolute atomic E-state index is 10.4. The molecule has 2 aromatic rings. The lowest BCUT2D eigenvalue weighted by Gasteiger charge is -2.13. The van der Waals surface area contributed by atoms with Gasteiger partial charge >= 0.3 is 0 Å². The quantitative estimate of drug-likeness (QED) is 0.887. The van der Waals surface area contributed by atoms with Gasteiger partial charge in [0, 0.05) is 9.75 Å². The van der Waals surface area contributed by atoms with Crippen LogP contribution in [0.2, 0.25) is 0 Å². The summed E-state index contributed by atoms with van der Waals surface area (Å²) in [5, 5.41) is 10.4. The molecule has 2 nitrogen and oxygen atoms in total. The third-order valence-electron chi connectivity index (χ3n) is 2.85. The fourth-order valence-corrected chi connectivity index (χ4v) is 2.89. The molecular weight excluding hydrogens is 256 g/mol. The van der Waals surface area contributed by atoms with E-state index >= 15 is 0 Å². The van der Waals surface area contributed by atoms with Crippen molar-refractivity contribution < 1.29 is 9.84 Å². The highest BCUT2D eigenvalue weighted by molar-refractivity contribution is 7.12. The summed E-state index contributed by atoms with van der Waals surface area (Å²) in [5.41, 5.74) is 0.877. The van der Waals surface area contributed by atoms with Crippen molar-refractivity contribution in [3.05, 3.63) is 51.7 Å². The van der Waals surface area contributed by atoms with Gasteiger partial charge in [-0.25, -0.2) is 0 Å². The topological polar surface area (TPSA) is 29.5 Å². The highest BCUT2D eigenvalue weighted by atomic mass is 32.1. The van der Waals surface area contributed by atoms with E-state index < -0.39 is 6.10 Å². The van der Waals surface area contributed by atoms with Gasteiger partial charge < -0.3 is 9.84 Å². The largest absolute Gasteiger partial charge is 0.491 e. The molecule has 0 aliphatic rings. The summed E-state index contributed by atoms with van der Waals surface area (Å²) >= 11 is 1.66. The summed E-state index contributed by atoms with van der Waals surface area (Å²) in [6.07, 6.45) is 0.579. The molecule has 2 rings (SSSR count). The first-order valence-corrected chi connectivity index (χ1v) is 7.45. The van der Waals surface area contributed by atoms with Crippen LogP contribution in [0.5, 0.6) is 5.75 Å². The van der Waals surface area contributed by atoms with Crippen LogP contribution in [0.3, 0.4) is 0 Å². The monoisotopic (exact) mass is 276 g/mol. The number of aliphatic hydroxyl groups is 1. The molecule has 0 saturated heterocycles. The number of aliphatic hydroxyl groups excluding tert-OH is 1. The summed E-state index contributed by atoms with van der Waals surface area (Å²) in [4.78, 5) is 2.28. The second-order valence-corrected chi connectivity index (χ2v) is 6.00. The molecule has 0 aliphatic heterocycles. The van der Waals surface area contributed by atoms with Crippen LogP contribution in [0.4, 0.5) is 0 Å². The molecule has 1 unspecified atom stereocenters. The van der Waals surface area contributed by atoms with Gasteiger partial charge in [-0.05, 0) is 50.1 Å². The maximum atomic E-state index is 10.4. The van der Waals surface area contributed by atoms with E-state index in [2.05, 4.69) is 13.0 Å². The SMILES string of the molecule is CCc1ccc(C(O)c2cccc(OC(C)C)c2)s1. The molecule has 0 radical (unpaired) electrons. The van der Waals surface area contributed by atoms with Gasteiger partial charge in [0.25, 0.3) is 0 Å². The first-order chi connectivity index (χ1) is 9.10. The van der Waals surface area contributed by atoms with Gasteiger partial charge in [-0.3, -0.25) is 0 Å². The minimum absolute atomic E-state index is 0.140. The Kier molecular flexibility index (Phi) is 4.61. The fourth-order valence-electron chi connectivity index (χ4n) is 1.93. The highest BCUT2D eigenvalue weighted by Crippen LogP contribution is 2.30. The van der Waals surface area contributed by atoms with Crippen LogP contribution in [0.1, 0.15) is 42.2 Å². The second kappa shape index (κ2) is 6.22. The molecule has 1 aromatic carbocycles. The van der Waals surface area contributed by atoms with Gasteiger partial charge in [-0.1, -0.05) is 19.1 Å². The minimum atomic E-state index is -0.569. The van der Waals surface area contributed by atoms with Crippen LogP contribution >= 0.6 is 11.3 Å². The number of aryl methyl sites for hydroxylation is 1. The van der Waals surface area contributed by atoms with Gasteiger partial charge in [0.2, 0.25) is 0 Å². The molecule has 19 heavy (non-hydrogen) atoms. The van der Waals surface area contributed by atoms with E-state index in [-0.39, 0.29) is 6.10 Å². The molecule has 0 aliphatic carbocycles. The van der Waals surface area contributed by atoms with Gasteiger partial charge in [0.1, 0.15) is 11.9 Å². The van der Waals surface area contributed by atoms with Crippen LogP contribution < -0.4 is 4.74 Å². The molecule has 102 valence electrons. The third kappa shape index (κ3) is 3.58. The molecule has 0 bridgehead atoms. The first-order valence-electron chi connectivity index (χ1n) is 6.63. The predicted octanol–water partition coefficient (Wildman–Crippen LogP) is 4.18. The van der Waals surface area contributed by atoms with Gasteiger partial charge in [0.15, 0.2) is 0 Å². The molecule has 0 amide bonds. The van der Waals surface area contributed by atoms with Crippen molar-refractivity contribution in [1.82, 2.24) is 0 Å². The summed E-state index contributed by atoms with van der Waals surface area (Å²) < 4.78 is 5.66. The van der Waals surface area contributed by atoms with Crippen molar-refractivity contribution in [3.8, 4) is 5.75 Å². The van der Waals surface area contributed by atoms with Crippen LogP contribution in [0, 0.1) is 0 Å². The van der Waals surface area contributed by atoms with Crippen LogP contribution in [-0.2, 0) is 6.42 Å². The number of ether oxygens (including phenoxy) is 1. The zero-order valence-corrected chi connectivity index (χ0v) is 12.4. The minimum Gasteiger partial charge on any atom is -0.491 e. The summed E-state index contributed by atoms with van der Waals surface area (Å²) in [6.45, 7) is 6.12. The van der Waals surface area contributed by atoms with E-state index in [1.165, 1.54) is 4.88 Å². The van der Waals surface area contributed by atoms with E-state index in [1.54, 1.807) is 11.3 Å². The van der Waals surface area contributed by atoms with E-state index in [0.29, 0.717) is 0 Å². The molecule has 3 heteroatoms. The van der Waals surface area contributed by atoms with Crippen molar-refractivity contribution >= 4 is 11.3 Å². The Balaban J connectivity index is 2.20. The first kappa shape index (κ1) is 14.1. The molecule has 0 spiro atoms. The smallest absolute Gasteiger partial charge is 0.120 e. The predicted molar refractivity (Wildman–Crippen MR) is 80.0 cm³/mol. The van der Waals surface area contributed by atoms with E-state index in [0.717, 1.165) is 22.6 Å². The molecule has 1 N–H and O–H groups in total. The molecule has 1 aromatic heterocycles. The Hall–Kier alpha value is -1.32. The fraction of sp³-hybridized carbons (Fsp3) is 0.375. The van der Waals surface area contributed by atoms with Crippen molar-refractivity contribution in [2.45, 2.75) is 39.4 Å². The van der Waals surface area contributed by atoms with Gasteiger partial charge in [-0.2, -0.15) is 0 Å². The third-order valence-corrected chi connectivity index (χ3v) is 4.13. The lowest BCUT2D eigenvalue weighted by molar-refractivity contribution is 0.220. The lowest BCUT2D eigenvalue weighted by atomic mass is 10.1. The van der Waals surface area contributed by atoms with Crippen molar-refractivity contribution in [2.24, 2.45) is 0 Å². The Labute approximate surface area is 118 Å². The van der Waals surface area contributed by atoms with Crippen LogP contribution in [0.25, 0.3) is 0 Å². The van der Waals surface area contributed by atoms with Crippen molar-refractivity contribution in [2.75, 3.05) is 0 Å². The van der Waals surface area contributed by atoms with E-state index in [1.807, 2.05) is 44.2 Å². The highest BCUT2D eigenvalue weighted by Gasteiger charge is 2.13. The lowest BCUT2D eigenvalue weighted by Crippen LogP contribution is -2.06. The summed E-state index contributed by atoms with van der Waals surface area (Å²) in [6, 6.07) is 11.8. The Bertz CT molecular complexity index is 531. The molecule has 1 atom stereocenters. The summed E-state index contributed by atoms with van der Waals surface area (Å²) in [5.74, 6) is 0.804. The standard InChI is InChI=1S/C16H20O2S/c1-4-14-8-9-15(19-14)16(17)12-6-5-7-13(10-12)18-11(2)3/h5-11,16-17H,4H2,1-3H3. The Morgan fingerprint density at radius 3 is 2.63 bits per heavy atom. The Morgan fingerprint density at radius 1 is 1.21 bits per heavy atom. The van der Waals surface area contributed by atoms with Gasteiger partial charge in [-0.15, -0.1) is 11.3 Å². The average molecular weight is 276 g/mol. The number of hydrogen-bond acceptors (Lipinski definition) is 3. The molecule has 0 saturated carbocycles. The van der Waals surface area contributed by atoms with Gasteiger partial charge in [0.05, 0.1) is 6.10 Å².